The molecular weight excluding hydrogens is 318 g/mol. The Morgan fingerprint density at radius 1 is 1.21 bits per heavy atom. The summed E-state index contributed by atoms with van der Waals surface area (Å²) in [7, 11) is 0. The lowest BCUT2D eigenvalue weighted by atomic mass is 10.1. The molecule has 0 saturated heterocycles. The lowest BCUT2D eigenvalue weighted by Gasteiger charge is -2.11. The smallest absolute Gasteiger partial charge is 0.150 e. The van der Waals surface area contributed by atoms with E-state index in [0.717, 1.165) is 0 Å². The molecule has 0 radical (unpaired) electrons. The number of benzene rings is 1. The van der Waals surface area contributed by atoms with E-state index in [1.54, 1.807) is 0 Å². The minimum Gasteiger partial charge on any atom is -0.493 e. The number of alkyl halides is 1. The Hall–Kier alpha value is -2.89. The summed E-state index contributed by atoms with van der Waals surface area (Å²) in [5, 5.41) is 0. The molecule has 24 heavy (non-hydrogen) atoms. The van der Waals surface area contributed by atoms with Crippen molar-refractivity contribution in [3.63, 3.8) is 0 Å². The van der Waals surface area contributed by atoms with Crippen molar-refractivity contribution in [1.29, 1.82) is 0 Å². The highest BCUT2D eigenvalue weighted by atomic mass is 19.1. The maximum Gasteiger partial charge on any atom is 0.150 e. The van der Waals surface area contributed by atoms with Crippen molar-refractivity contribution in [1.82, 2.24) is 0 Å². The number of ether oxygens (including phenoxy) is 1. The van der Waals surface area contributed by atoms with Gasteiger partial charge in [0, 0.05) is 17.6 Å². The van der Waals surface area contributed by atoms with Crippen LogP contribution in [0.25, 0.3) is 0 Å². The fourth-order valence-electron chi connectivity index (χ4n) is 1.55. The quantitative estimate of drug-likeness (QED) is 0.414. The largest absolute Gasteiger partial charge is 0.493 e. The first-order valence-corrected chi connectivity index (χ1v) is 6.63. The second kappa shape index (κ2) is 15.0. The van der Waals surface area contributed by atoms with Crippen molar-refractivity contribution in [2.75, 3.05) is 13.3 Å². The van der Waals surface area contributed by atoms with Crippen LogP contribution in [0.1, 0.15) is 15.9 Å². The molecule has 6 heteroatoms. The van der Waals surface area contributed by atoms with Crippen LogP contribution >= 0.6 is 0 Å². The van der Waals surface area contributed by atoms with Crippen LogP contribution in [-0.2, 0) is 20.7 Å². The summed E-state index contributed by atoms with van der Waals surface area (Å²) in [4.78, 5) is 26.5. The van der Waals surface area contributed by atoms with Gasteiger partial charge in [-0.05, 0) is 17.7 Å². The molecule has 0 aromatic heterocycles. The van der Waals surface area contributed by atoms with Gasteiger partial charge in [0.15, 0.2) is 0 Å². The van der Waals surface area contributed by atoms with Gasteiger partial charge in [-0.3, -0.25) is 4.79 Å². The molecule has 4 nitrogen and oxygen atoms in total. The SMILES string of the molecule is C=C/C=C(/OCCc1ccc(C=O)cc1F)C(=C)CF.C=O.C=O. The van der Waals surface area contributed by atoms with E-state index in [2.05, 4.69) is 13.2 Å². The molecule has 0 aliphatic heterocycles. The van der Waals surface area contributed by atoms with E-state index >= 15 is 0 Å². The number of hydrogen-bond donors (Lipinski definition) is 0. The Balaban J connectivity index is 0. The molecule has 0 aliphatic rings. The zero-order valence-electron chi connectivity index (χ0n) is 13.3. The monoisotopic (exact) mass is 338 g/mol. The van der Waals surface area contributed by atoms with Gasteiger partial charge in [-0.15, -0.1) is 0 Å². The summed E-state index contributed by atoms with van der Waals surface area (Å²) in [5.74, 6) is -0.163. The Morgan fingerprint density at radius 2 is 1.83 bits per heavy atom. The third kappa shape index (κ3) is 8.53. The van der Waals surface area contributed by atoms with Crippen molar-refractivity contribution in [3.8, 4) is 0 Å². The van der Waals surface area contributed by atoms with Gasteiger partial charge in [0.05, 0.1) is 6.61 Å². The fourth-order valence-corrected chi connectivity index (χ4v) is 1.55. The van der Waals surface area contributed by atoms with Gasteiger partial charge in [-0.1, -0.05) is 31.4 Å². The van der Waals surface area contributed by atoms with Gasteiger partial charge in [0.2, 0.25) is 0 Å². The van der Waals surface area contributed by atoms with Gasteiger partial charge < -0.3 is 14.3 Å². The normalized spacial score (nSPS) is 9.50. The van der Waals surface area contributed by atoms with Crippen LogP contribution in [0.4, 0.5) is 8.78 Å². The first-order chi connectivity index (χ1) is 11.6. The molecule has 0 aliphatic carbocycles. The van der Waals surface area contributed by atoms with E-state index in [1.165, 1.54) is 30.4 Å². The molecule has 0 fully saturated rings. The van der Waals surface area contributed by atoms with E-state index in [1.807, 2.05) is 13.6 Å². The molecule has 130 valence electrons. The number of hydrogen-bond acceptors (Lipinski definition) is 4. The Kier molecular flexibility index (Phi) is 14.6. The molecule has 0 heterocycles. The summed E-state index contributed by atoms with van der Waals surface area (Å²) in [6.07, 6.45) is 3.86. The zero-order chi connectivity index (χ0) is 19.0. The van der Waals surface area contributed by atoms with Gasteiger partial charge in [-0.25, -0.2) is 8.78 Å². The summed E-state index contributed by atoms with van der Waals surface area (Å²) in [6.45, 7) is 10.5. The topological polar surface area (TPSA) is 60.4 Å². The Bertz CT molecular complexity index is 566. The van der Waals surface area contributed by atoms with E-state index in [0.29, 0.717) is 24.0 Å². The number of allylic oxidation sites excluding steroid dienone is 3. The average Bonchev–Trinajstić information content (AvgIpc) is 2.64. The second-order valence-corrected chi connectivity index (χ2v) is 4.07. The summed E-state index contributed by atoms with van der Waals surface area (Å²) >= 11 is 0. The first kappa shape index (κ1) is 23.4. The molecule has 0 saturated carbocycles. The van der Waals surface area contributed by atoms with Crippen molar-refractivity contribution in [2.45, 2.75) is 6.42 Å². The zero-order valence-corrected chi connectivity index (χ0v) is 13.3. The highest BCUT2D eigenvalue weighted by molar-refractivity contribution is 5.74. The Labute approximate surface area is 140 Å². The van der Waals surface area contributed by atoms with Crippen molar-refractivity contribution in [2.24, 2.45) is 0 Å². The second-order valence-electron chi connectivity index (χ2n) is 4.07. The van der Waals surface area contributed by atoms with Crippen molar-refractivity contribution >= 4 is 19.9 Å². The van der Waals surface area contributed by atoms with Crippen LogP contribution in [0.3, 0.4) is 0 Å². The molecule has 0 atom stereocenters. The molecule has 0 amide bonds. The first-order valence-electron chi connectivity index (χ1n) is 6.63. The van der Waals surface area contributed by atoms with Crippen molar-refractivity contribution in [3.05, 3.63) is 71.8 Å². The van der Waals surface area contributed by atoms with Gasteiger partial charge in [-0.2, -0.15) is 0 Å². The van der Waals surface area contributed by atoms with Crippen LogP contribution in [0, 0.1) is 5.82 Å². The van der Waals surface area contributed by atoms with Gasteiger partial charge in [0.1, 0.15) is 38.1 Å². The highest BCUT2D eigenvalue weighted by Gasteiger charge is 2.06. The van der Waals surface area contributed by atoms with E-state index in [-0.39, 0.29) is 17.7 Å². The van der Waals surface area contributed by atoms with Crippen LogP contribution in [-0.4, -0.2) is 33.1 Å². The number of carbonyl (C=O) groups excluding carboxylic acids is 3. The summed E-state index contributed by atoms with van der Waals surface area (Å²) in [5.41, 5.74) is 0.923. The molecular formula is C18H20F2O4. The maximum absolute atomic E-state index is 13.6. The van der Waals surface area contributed by atoms with E-state index in [4.69, 9.17) is 14.3 Å². The number of aldehydes is 1. The minimum atomic E-state index is -0.720. The van der Waals surface area contributed by atoms with Gasteiger partial charge >= 0.3 is 0 Å². The third-order valence-corrected chi connectivity index (χ3v) is 2.62. The fraction of sp³-hybridized carbons (Fsp3) is 0.167. The summed E-state index contributed by atoms with van der Waals surface area (Å²) in [6, 6.07) is 4.24. The maximum atomic E-state index is 13.6. The Morgan fingerprint density at radius 3 is 2.29 bits per heavy atom. The van der Waals surface area contributed by atoms with Gasteiger partial charge in [0.25, 0.3) is 0 Å². The van der Waals surface area contributed by atoms with E-state index in [9.17, 15) is 13.6 Å². The lowest BCUT2D eigenvalue weighted by molar-refractivity contribution is -0.0987. The van der Waals surface area contributed by atoms with E-state index < -0.39 is 12.5 Å². The molecule has 0 bridgehead atoms. The van der Waals surface area contributed by atoms with Crippen LogP contribution in [0.15, 0.2) is 54.8 Å². The molecule has 1 aromatic carbocycles. The lowest BCUT2D eigenvalue weighted by Crippen LogP contribution is -2.03. The minimum absolute atomic E-state index is 0.177. The molecule has 1 aromatic rings. The molecule has 0 N–H and O–H groups in total. The van der Waals surface area contributed by atoms with Crippen LogP contribution < -0.4 is 0 Å². The average molecular weight is 338 g/mol. The van der Waals surface area contributed by atoms with Crippen molar-refractivity contribution < 1.29 is 27.9 Å². The summed E-state index contributed by atoms with van der Waals surface area (Å²) < 4.78 is 31.5. The molecule has 0 spiro atoms. The number of rotatable bonds is 8. The molecule has 0 unspecified atom stereocenters. The van der Waals surface area contributed by atoms with Crippen LogP contribution in [0.2, 0.25) is 0 Å². The van der Waals surface area contributed by atoms with Crippen LogP contribution in [0.5, 0.6) is 0 Å². The predicted molar refractivity (Wildman–Crippen MR) is 89.1 cm³/mol. The predicted octanol–water partition coefficient (Wildman–Crippen LogP) is 3.42. The third-order valence-electron chi connectivity index (χ3n) is 2.62. The number of carbonyl (C=O) groups is 3. The highest BCUT2D eigenvalue weighted by Crippen LogP contribution is 2.14. The molecule has 1 rings (SSSR count). The number of halogens is 2. The standard InChI is InChI=1S/C16H16F2O2.2CH2O/c1-3-4-16(12(2)10-17)20-8-7-14-6-5-13(11-19)9-15(14)18;2*1-2/h3-6,9,11H,1-2,7-8,10H2;2*1H2/b16-4+;;.